The lowest BCUT2D eigenvalue weighted by atomic mass is 10.1. The van der Waals surface area contributed by atoms with Gasteiger partial charge in [-0.05, 0) is 36.4 Å². The minimum Gasteiger partial charge on any atom is -0.368 e. The highest BCUT2D eigenvalue weighted by Crippen LogP contribution is 2.38. The van der Waals surface area contributed by atoms with Gasteiger partial charge >= 0.3 is 0 Å². The SMILES string of the molecule is O=C1C[C@@H](N2CCN(c3ccccc3Cl)CC2)C(=O)N1c1ccccc1Sc1ccccc1. The zero-order valence-corrected chi connectivity index (χ0v) is 19.6. The van der Waals surface area contributed by atoms with Crippen molar-refractivity contribution in [3.05, 3.63) is 83.9 Å². The molecule has 33 heavy (non-hydrogen) atoms. The third-order valence-electron chi connectivity index (χ3n) is 6.15. The molecular weight excluding hydrogens is 454 g/mol. The third kappa shape index (κ3) is 4.51. The van der Waals surface area contributed by atoms with Crippen LogP contribution >= 0.6 is 23.4 Å². The Morgan fingerprint density at radius 1 is 0.758 bits per heavy atom. The maximum absolute atomic E-state index is 13.4. The van der Waals surface area contributed by atoms with Crippen molar-refractivity contribution in [1.82, 2.24) is 4.90 Å². The molecule has 2 fully saturated rings. The fraction of sp³-hybridized carbons (Fsp3) is 0.231. The molecule has 0 aliphatic carbocycles. The summed E-state index contributed by atoms with van der Waals surface area (Å²) in [6, 6.07) is 25.0. The van der Waals surface area contributed by atoms with Gasteiger partial charge < -0.3 is 4.90 Å². The lowest BCUT2D eigenvalue weighted by Crippen LogP contribution is -2.52. The number of hydrogen-bond donors (Lipinski definition) is 0. The number of amides is 2. The van der Waals surface area contributed by atoms with Crippen LogP contribution in [0.3, 0.4) is 0 Å². The Balaban J connectivity index is 1.31. The van der Waals surface area contributed by atoms with E-state index in [0.29, 0.717) is 18.8 Å². The van der Waals surface area contributed by atoms with Crippen molar-refractivity contribution in [2.24, 2.45) is 0 Å². The fourth-order valence-corrected chi connectivity index (χ4v) is 5.69. The van der Waals surface area contributed by atoms with E-state index in [1.54, 1.807) is 11.8 Å². The Hall–Kier alpha value is -2.80. The Morgan fingerprint density at radius 3 is 2.12 bits per heavy atom. The van der Waals surface area contributed by atoms with E-state index in [4.69, 9.17) is 11.6 Å². The maximum atomic E-state index is 13.4. The zero-order chi connectivity index (χ0) is 22.8. The minimum atomic E-state index is -0.416. The first-order valence-corrected chi connectivity index (χ1v) is 12.2. The van der Waals surface area contributed by atoms with E-state index in [9.17, 15) is 9.59 Å². The van der Waals surface area contributed by atoms with Crippen molar-refractivity contribution in [1.29, 1.82) is 0 Å². The molecule has 3 aromatic carbocycles. The van der Waals surface area contributed by atoms with Crippen molar-refractivity contribution < 1.29 is 9.59 Å². The van der Waals surface area contributed by atoms with Crippen molar-refractivity contribution in [3.8, 4) is 0 Å². The molecule has 7 heteroatoms. The van der Waals surface area contributed by atoms with Crippen LogP contribution in [-0.4, -0.2) is 48.9 Å². The van der Waals surface area contributed by atoms with Gasteiger partial charge in [0, 0.05) is 36.0 Å². The second kappa shape index (κ2) is 9.59. The second-order valence-electron chi connectivity index (χ2n) is 8.14. The number of halogens is 1. The molecule has 3 aromatic rings. The smallest absolute Gasteiger partial charge is 0.251 e. The number of para-hydroxylation sites is 2. The maximum Gasteiger partial charge on any atom is 0.251 e. The molecule has 2 amide bonds. The molecule has 5 nitrogen and oxygen atoms in total. The summed E-state index contributed by atoms with van der Waals surface area (Å²) in [6.07, 6.45) is 0.218. The molecule has 1 atom stereocenters. The van der Waals surface area contributed by atoms with Crippen LogP contribution in [0.2, 0.25) is 5.02 Å². The minimum absolute atomic E-state index is 0.132. The highest BCUT2D eigenvalue weighted by Gasteiger charge is 2.44. The normalized spacial score (nSPS) is 19.4. The Bertz CT molecular complexity index is 1160. The molecule has 0 spiro atoms. The lowest BCUT2D eigenvalue weighted by Gasteiger charge is -2.38. The predicted octanol–water partition coefficient (Wildman–Crippen LogP) is 4.95. The molecular formula is C26H24ClN3O2S. The average Bonchev–Trinajstić information content (AvgIpc) is 3.14. The van der Waals surface area contributed by atoms with Crippen molar-refractivity contribution in [2.75, 3.05) is 36.0 Å². The van der Waals surface area contributed by atoms with Crippen molar-refractivity contribution in [3.63, 3.8) is 0 Å². The van der Waals surface area contributed by atoms with E-state index < -0.39 is 6.04 Å². The second-order valence-corrected chi connectivity index (χ2v) is 9.67. The molecule has 0 N–H and O–H groups in total. The van der Waals surface area contributed by atoms with Crippen molar-refractivity contribution in [2.45, 2.75) is 22.3 Å². The predicted molar refractivity (Wildman–Crippen MR) is 133 cm³/mol. The van der Waals surface area contributed by atoms with E-state index in [1.807, 2.05) is 78.9 Å². The van der Waals surface area contributed by atoms with E-state index in [1.165, 1.54) is 4.90 Å². The van der Waals surface area contributed by atoms with Crippen LogP contribution in [0.1, 0.15) is 6.42 Å². The summed E-state index contributed by atoms with van der Waals surface area (Å²) in [4.78, 5) is 34.2. The Labute approximate surface area is 202 Å². The van der Waals surface area contributed by atoms with Gasteiger partial charge in [-0.15, -0.1) is 0 Å². The molecule has 2 heterocycles. The summed E-state index contributed by atoms with van der Waals surface area (Å²) >= 11 is 7.92. The van der Waals surface area contributed by atoms with Gasteiger partial charge in [0.2, 0.25) is 5.91 Å². The highest BCUT2D eigenvalue weighted by molar-refractivity contribution is 7.99. The van der Waals surface area contributed by atoms with Gasteiger partial charge in [0.15, 0.2) is 0 Å². The first-order chi connectivity index (χ1) is 16.1. The molecule has 5 rings (SSSR count). The number of carbonyl (C=O) groups is 2. The number of imide groups is 1. The zero-order valence-electron chi connectivity index (χ0n) is 18.1. The topological polar surface area (TPSA) is 43.9 Å². The van der Waals surface area contributed by atoms with E-state index in [-0.39, 0.29) is 18.2 Å². The molecule has 0 bridgehead atoms. The number of anilines is 2. The molecule has 0 saturated carbocycles. The molecule has 0 unspecified atom stereocenters. The van der Waals surface area contributed by atoms with E-state index in [2.05, 4.69) is 9.80 Å². The third-order valence-corrected chi connectivity index (χ3v) is 7.54. The van der Waals surface area contributed by atoms with Gasteiger partial charge in [-0.1, -0.05) is 65.8 Å². The van der Waals surface area contributed by atoms with Crippen LogP contribution in [0.5, 0.6) is 0 Å². The fourth-order valence-electron chi connectivity index (χ4n) is 4.48. The number of hydrogen-bond acceptors (Lipinski definition) is 5. The summed E-state index contributed by atoms with van der Waals surface area (Å²) in [6.45, 7) is 2.95. The molecule has 2 aliphatic heterocycles. The van der Waals surface area contributed by atoms with Gasteiger partial charge in [0.25, 0.3) is 5.91 Å². The molecule has 0 aromatic heterocycles. The number of rotatable bonds is 5. The summed E-state index contributed by atoms with van der Waals surface area (Å²) in [5, 5.41) is 0.733. The molecule has 0 radical (unpaired) electrons. The first-order valence-electron chi connectivity index (χ1n) is 11.0. The summed E-state index contributed by atoms with van der Waals surface area (Å²) in [5.41, 5.74) is 1.68. The first kappa shape index (κ1) is 22.0. The van der Waals surface area contributed by atoms with Gasteiger partial charge in [-0.3, -0.25) is 14.5 Å². The van der Waals surface area contributed by atoms with Crippen molar-refractivity contribution >= 4 is 46.6 Å². The molecule has 168 valence electrons. The van der Waals surface area contributed by atoms with Gasteiger partial charge in [0.1, 0.15) is 0 Å². The number of benzene rings is 3. The van der Waals surface area contributed by atoms with Crippen LogP contribution < -0.4 is 9.80 Å². The van der Waals surface area contributed by atoms with Gasteiger partial charge in [-0.2, -0.15) is 0 Å². The highest BCUT2D eigenvalue weighted by atomic mass is 35.5. The number of piperazine rings is 1. The summed E-state index contributed by atoms with van der Waals surface area (Å²) < 4.78 is 0. The monoisotopic (exact) mass is 477 g/mol. The molecule has 2 saturated heterocycles. The van der Waals surface area contributed by atoms with Gasteiger partial charge in [0.05, 0.1) is 28.9 Å². The Kier molecular flexibility index (Phi) is 6.40. The standard InChI is InChI=1S/C26H24ClN3O2S/c27-20-10-4-5-11-21(20)28-14-16-29(17-15-28)23-18-25(31)30(26(23)32)22-12-6-7-13-24(22)33-19-8-2-1-3-9-19/h1-13,23H,14-18H2/t23-/m1/s1. The number of carbonyl (C=O) groups excluding carboxylic acids is 2. The van der Waals surface area contributed by atoms with Gasteiger partial charge in [-0.25, -0.2) is 4.90 Å². The number of nitrogens with zero attached hydrogens (tertiary/aromatic N) is 3. The lowest BCUT2D eigenvalue weighted by molar-refractivity contribution is -0.123. The van der Waals surface area contributed by atoms with E-state index >= 15 is 0 Å². The largest absolute Gasteiger partial charge is 0.368 e. The summed E-state index contributed by atoms with van der Waals surface area (Å²) in [5.74, 6) is -0.271. The van der Waals surface area contributed by atoms with Crippen LogP contribution in [-0.2, 0) is 9.59 Å². The average molecular weight is 478 g/mol. The summed E-state index contributed by atoms with van der Waals surface area (Å²) in [7, 11) is 0. The Morgan fingerprint density at radius 2 is 1.39 bits per heavy atom. The molecule has 2 aliphatic rings. The van der Waals surface area contributed by atoms with Crippen LogP contribution in [0.15, 0.2) is 88.7 Å². The quantitative estimate of drug-likeness (QED) is 0.487. The van der Waals surface area contributed by atoms with Crippen LogP contribution in [0, 0.1) is 0 Å². The van der Waals surface area contributed by atoms with E-state index in [0.717, 1.165) is 33.6 Å². The van der Waals surface area contributed by atoms with Crippen LogP contribution in [0.4, 0.5) is 11.4 Å². The van der Waals surface area contributed by atoms with Crippen LogP contribution in [0.25, 0.3) is 0 Å².